The molecular formula is C18H15ClN2O3. The van der Waals surface area contributed by atoms with Crippen molar-refractivity contribution in [2.75, 3.05) is 11.9 Å². The monoisotopic (exact) mass is 342 g/mol. The second-order valence-electron chi connectivity index (χ2n) is 4.85. The fraction of sp³-hybridized carbons (Fsp3) is 0.167. The maximum atomic E-state index is 12.4. The van der Waals surface area contributed by atoms with Gasteiger partial charge >= 0.3 is 0 Å². The van der Waals surface area contributed by atoms with E-state index in [0.717, 1.165) is 0 Å². The molecule has 0 aliphatic carbocycles. The number of nitrogens with one attached hydrogen (secondary N) is 1. The van der Waals surface area contributed by atoms with Gasteiger partial charge in [-0.15, -0.1) is 0 Å². The van der Waals surface area contributed by atoms with Crippen LogP contribution in [0.4, 0.5) is 5.69 Å². The van der Waals surface area contributed by atoms with Gasteiger partial charge in [0.1, 0.15) is 5.75 Å². The smallest absolute Gasteiger partial charge is 0.249 e. The van der Waals surface area contributed by atoms with Crippen molar-refractivity contribution in [1.29, 1.82) is 5.26 Å². The highest BCUT2D eigenvalue weighted by Gasteiger charge is 2.28. The Balaban J connectivity index is 2.15. The van der Waals surface area contributed by atoms with E-state index in [9.17, 15) is 14.9 Å². The highest BCUT2D eigenvalue weighted by atomic mass is 35.5. The largest absolute Gasteiger partial charge is 0.494 e. The van der Waals surface area contributed by atoms with Crippen molar-refractivity contribution in [2.24, 2.45) is 5.92 Å². The first-order valence-electron chi connectivity index (χ1n) is 7.29. The zero-order valence-corrected chi connectivity index (χ0v) is 13.7. The van der Waals surface area contributed by atoms with Gasteiger partial charge in [0.05, 0.1) is 23.4 Å². The van der Waals surface area contributed by atoms with Crippen molar-refractivity contribution in [3.63, 3.8) is 0 Å². The number of halogens is 1. The van der Waals surface area contributed by atoms with Crippen molar-refractivity contribution in [2.45, 2.75) is 6.92 Å². The molecule has 0 saturated heterocycles. The van der Waals surface area contributed by atoms with E-state index in [1.165, 1.54) is 12.1 Å². The van der Waals surface area contributed by atoms with Crippen LogP contribution in [0.25, 0.3) is 0 Å². The van der Waals surface area contributed by atoms with E-state index in [2.05, 4.69) is 5.32 Å². The van der Waals surface area contributed by atoms with Gasteiger partial charge in [-0.2, -0.15) is 5.26 Å². The number of nitriles is 1. The highest BCUT2D eigenvalue weighted by Crippen LogP contribution is 2.22. The topological polar surface area (TPSA) is 79.2 Å². The Hall–Kier alpha value is -2.84. The summed E-state index contributed by atoms with van der Waals surface area (Å²) in [6.07, 6.45) is 0. The number of ketones is 1. The molecule has 0 aliphatic heterocycles. The van der Waals surface area contributed by atoms with Gasteiger partial charge in [-0.25, -0.2) is 0 Å². The first-order chi connectivity index (χ1) is 11.6. The van der Waals surface area contributed by atoms with Crippen molar-refractivity contribution in [3.05, 3.63) is 59.1 Å². The quantitative estimate of drug-likeness (QED) is 0.641. The Morgan fingerprint density at radius 3 is 2.46 bits per heavy atom. The average Bonchev–Trinajstić information content (AvgIpc) is 2.58. The van der Waals surface area contributed by atoms with E-state index in [0.29, 0.717) is 23.1 Å². The second-order valence-corrected chi connectivity index (χ2v) is 5.26. The minimum absolute atomic E-state index is 0.263. The molecule has 122 valence electrons. The van der Waals surface area contributed by atoms with Crippen LogP contribution in [0.1, 0.15) is 17.3 Å². The number of hydrogen-bond acceptors (Lipinski definition) is 4. The molecular weight excluding hydrogens is 328 g/mol. The summed E-state index contributed by atoms with van der Waals surface area (Å²) in [6, 6.07) is 14.6. The molecule has 5 nitrogen and oxygen atoms in total. The third kappa shape index (κ3) is 4.12. The zero-order valence-electron chi connectivity index (χ0n) is 13.0. The SMILES string of the molecule is CCOc1ccc(C(=O)[C@@H](C#N)C(=O)Nc2ccccc2Cl)cc1. The van der Waals surface area contributed by atoms with Gasteiger partial charge in [-0.05, 0) is 43.3 Å². The Bertz CT molecular complexity index is 782. The summed E-state index contributed by atoms with van der Waals surface area (Å²) >= 11 is 5.96. The van der Waals surface area contributed by atoms with Gasteiger partial charge in [-0.1, -0.05) is 23.7 Å². The number of carbonyl (C=O) groups excluding carboxylic acids is 2. The van der Waals surface area contributed by atoms with Gasteiger partial charge in [0.15, 0.2) is 11.7 Å². The van der Waals surface area contributed by atoms with Crippen LogP contribution >= 0.6 is 11.6 Å². The lowest BCUT2D eigenvalue weighted by atomic mass is 9.98. The minimum Gasteiger partial charge on any atom is -0.494 e. The van der Waals surface area contributed by atoms with Gasteiger partial charge in [0.2, 0.25) is 5.91 Å². The van der Waals surface area contributed by atoms with E-state index < -0.39 is 17.6 Å². The van der Waals surface area contributed by atoms with E-state index in [-0.39, 0.29) is 5.56 Å². The summed E-state index contributed by atoms with van der Waals surface area (Å²) in [4.78, 5) is 24.6. The molecule has 0 aromatic heterocycles. The second kappa shape index (κ2) is 8.14. The van der Waals surface area contributed by atoms with Crippen LogP contribution in [0.2, 0.25) is 5.02 Å². The summed E-state index contributed by atoms with van der Waals surface area (Å²) < 4.78 is 5.30. The van der Waals surface area contributed by atoms with Crippen molar-refractivity contribution < 1.29 is 14.3 Å². The van der Waals surface area contributed by atoms with Gasteiger partial charge < -0.3 is 10.1 Å². The number of carbonyl (C=O) groups is 2. The number of nitrogens with zero attached hydrogens (tertiary/aromatic N) is 1. The predicted octanol–water partition coefficient (Wildman–Crippen LogP) is 3.70. The molecule has 6 heteroatoms. The molecule has 2 aromatic carbocycles. The molecule has 0 spiro atoms. The Morgan fingerprint density at radius 1 is 1.21 bits per heavy atom. The van der Waals surface area contributed by atoms with E-state index >= 15 is 0 Å². The molecule has 1 amide bonds. The van der Waals surface area contributed by atoms with Crippen LogP contribution < -0.4 is 10.1 Å². The number of ether oxygens (including phenoxy) is 1. The lowest BCUT2D eigenvalue weighted by molar-refractivity contribution is -0.117. The van der Waals surface area contributed by atoms with E-state index in [1.807, 2.05) is 6.92 Å². The number of anilines is 1. The van der Waals surface area contributed by atoms with Gasteiger partial charge in [-0.3, -0.25) is 9.59 Å². The molecule has 0 fully saturated rings. The Kier molecular flexibility index (Phi) is 5.94. The molecule has 0 radical (unpaired) electrons. The van der Waals surface area contributed by atoms with Crippen LogP contribution in [0.15, 0.2) is 48.5 Å². The molecule has 1 N–H and O–H groups in total. The Morgan fingerprint density at radius 2 is 1.88 bits per heavy atom. The lowest BCUT2D eigenvalue weighted by Crippen LogP contribution is -2.28. The molecule has 0 heterocycles. The molecule has 1 atom stereocenters. The molecule has 0 unspecified atom stereocenters. The van der Waals surface area contributed by atoms with Crippen molar-refractivity contribution in [1.82, 2.24) is 0 Å². The standard InChI is InChI=1S/C18H15ClN2O3/c1-2-24-13-9-7-12(8-10-13)17(22)14(11-20)18(23)21-16-6-4-3-5-15(16)19/h3-10,14H,2H2,1H3,(H,21,23)/t14-/m1/s1. The van der Waals surface area contributed by atoms with Gasteiger partial charge in [0, 0.05) is 5.56 Å². The Labute approximate surface area is 144 Å². The van der Waals surface area contributed by atoms with Gasteiger partial charge in [0.25, 0.3) is 0 Å². The van der Waals surface area contributed by atoms with Crippen LogP contribution in [0.5, 0.6) is 5.75 Å². The molecule has 0 bridgehead atoms. The van der Waals surface area contributed by atoms with E-state index in [1.54, 1.807) is 42.5 Å². The number of Topliss-reactive ketones (excluding diaryl/α,β-unsaturated/α-hetero) is 1. The highest BCUT2D eigenvalue weighted by molar-refractivity contribution is 6.34. The summed E-state index contributed by atoms with van der Waals surface area (Å²) in [5.74, 6) is -2.14. The normalized spacial score (nSPS) is 11.2. The third-order valence-electron chi connectivity index (χ3n) is 3.24. The van der Waals surface area contributed by atoms with Crippen LogP contribution in [-0.2, 0) is 4.79 Å². The number of rotatable bonds is 6. The predicted molar refractivity (Wildman–Crippen MR) is 91.1 cm³/mol. The summed E-state index contributed by atoms with van der Waals surface area (Å²) in [5.41, 5.74) is 0.614. The van der Waals surface area contributed by atoms with Crippen molar-refractivity contribution in [3.8, 4) is 11.8 Å². The first kappa shape index (κ1) is 17.5. The number of hydrogen-bond donors (Lipinski definition) is 1. The minimum atomic E-state index is -1.46. The summed E-state index contributed by atoms with van der Waals surface area (Å²) in [6.45, 7) is 2.36. The lowest BCUT2D eigenvalue weighted by Gasteiger charge is -2.11. The third-order valence-corrected chi connectivity index (χ3v) is 3.56. The number of amides is 1. The number of para-hydroxylation sites is 1. The van der Waals surface area contributed by atoms with Crippen LogP contribution in [0.3, 0.4) is 0 Å². The average molecular weight is 343 g/mol. The maximum Gasteiger partial charge on any atom is 0.249 e. The fourth-order valence-corrected chi connectivity index (χ4v) is 2.24. The van der Waals surface area contributed by atoms with Crippen LogP contribution in [0, 0.1) is 17.2 Å². The number of benzene rings is 2. The fourth-order valence-electron chi connectivity index (χ4n) is 2.05. The summed E-state index contributed by atoms with van der Waals surface area (Å²) in [5, 5.41) is 12.1. The summed E-state index contributed by atoms with van der Waals surface area (Å²) in [7, 11) is 0. The molecule has 0 aliphatic rings. The first-order valence-corrected chi connectivity index (χ1v) is 7.66. The molecule has 24 heavy (non-hydrogen) atoms. The van der Waals surface area contributed by atoms with Crippen LogP contribution in [-0.4, -0.2) is 18.3 Å². The molecule has 2 aromatic rings. The molecule has 0 saturated carbocycles. The zero-order chi connectivity index (χ0) is 17.5. The van der Waals surface area contributed by atoms with Crippen molar-refractivity contribution >= 4 is 29.0 Å². The van der Waals surface area contributed by atoms with E-state index in [4.69, 9.17) is 16.3 Å². The maximum absolute atomic E-state index is 12.4. The molecule has 2 rings (SSSR count).